The number of aromatic nitrogens is 3. The quantitative estimate of drug-likeness (QED) is 0.727. The van der Waals surface area contributed by atoms with E-state index in [0.717, 1.165) is 17.7 Å². The van der Waals surface area contributed by atoms with Gasteiger partial charge >= 0.3 is 6.36 Å². The molecular formula is C17H13F3N4O2. The summed E-state index contributed by atoms with van der Waals surface area (Å²) in [5, 5.41) is 10.6. The van der Waals surface area contributed by atoms with Crippen LogP contribution in [0.15, 0.2) is 59.4 Å². The summed E-state index contributed by atoms with van der Waals surface area (Å²) in [6, 6.07) is 14.3. The zero-order chi connectivity index (χ0) is 18.6. The van der Waals surface area contributed by atoms with Gasteiger partial charge in [0.25, 0.3) is 5.56 Å². The molecule has 1 aromatic heterocycles. The number of rotatable bonds is 5. The van der Waals surface area contributed by atoms with Crippen LogP contribution in [0.5, 0.6) is 5.75 Å². The second kappa shape index (κ2) is 7.26. The van der Waals surface area contributed by atoms with Gasteiger partial charge in [-0.05, 0) is 29.8 Å². The van der Waals surface area contributed by atoms with Crippen molar-refractivity contribution < 1.29 is 17.9 Å². The molecule has 0 amide bonds. The van der Waals surface area contributed by atoms with Crippen LogP contribution in [0.3, 0.4) is 0 Å². The Kier molecular flexibility index (Phi) is 4.87. The number of ether oxygens (including phenoxy) is 1. The van der Waals surface area contributed by atoms with E-state index in [4.69, 9.17) is 0 Å². The Balaban J connectivity index is 1.69. The monoisotopic (exact) mass is 362 g/mol. The van der Waals surface area contributed by atoms with Gasteiger partial charge in [0.1, 0.15) is 11.4 Å². The van der Waals surface area contributed by atoms with Crippen LogP contribution in [0.2, 0.25) is 0 Å². The number of nitrogens with zero attached hydrogens (tertiary/aromatic N) is 2. The van der Waals surface area contributed by atoms with Gasteiger partial charge in [-0.15, -0.1) is 23.4 Å². The highest BCUT2D eigenvalue weighted by Crippen LogP contribution is 2.24. The summed E-state index contributed by atoms with van der Waals surface area (Å²) in [5.74, 6) is -0.267. The molecule has 9 heteroatoms. The number of H-pyrrole nitrogens is 1. The molecule has 0 fully saturated rings. The Morgan fingerprint density at radius 1 is 1.00 bits per heavy atom. The fraction of sp³-hybridized carbons (Fsp3) is 0.118. The summed E-state index contributed by atoms with van der Waals surface area (Å²) in [5.41, 5.74) is 1.20. The van der Waals surface area contributed by atoms with Gasteiger partial charge < -0.3 is 10.1 Å². The molecule has 6 nitrogen and oxygen atoms in total. The van der Waals surface area contributed by atoms with Crippen LogP contribution in [0.1, 0.15) is 11.3 Å². The lowest BCUT2D eigenvalue weighted by Crippen LogP contribution is -2.19. The van der Waals surface area contributed by atoms with E-state index in [-0.39, 0.29) is 17.4 Å². The lowest BCUT2D eigenvalue weighted by atomic mass is 10.1. The molecule has 0 saturated heterocycles. The van der Waals surface area contributed by atoms with Crippen molar-refractivity contribution >= 4 is 11.6 Å². The Bertz CT molecular complexity index is 925. The SMILES string of the molecule is O=c1[nH]c(Nc2ccc(OC(F)(F)F)cc2)nnc1Cc1ccccc1. The molecule has 3 aromatic rings. The highest BCUT2D eigenvalue weighted by Gasteiger charge is 2.30. The van der Waals surface area contributed by atoms with Gasteiger partial charge in [0.15, 0.2) is 0 Å². The minimum atomic E-state index is -4.75. The van der Waals surface area contributed by atoms with Gasteiger partial charge in [-0.3, -0.25) is 9.78 Å². The summed E-state index contributed by atoms with van der Waals surface area (Å²) < 4.78 is 40.2. The molecule has 0 aliphatic rings. The number of nitrogens with one attached hydrogen (secondary N) is 2. The van der Waals surface area contributed by atoms with Crippen LogP contribution >= 0.6 is 0 Å². The normalized spacial score (nSPS) is 11.2. The van der Waals surface area contributed by atoms with Crippen molar-refractivity contribution in [3.63, 3.8) is 0 Å². The lowest BCUT2D eigenvalue weighted by Gasteiger charge is -2.10. The molecule has 0 radical (unpaired) electrons. The zero-order valence-corrected chi connectivity index (χ0v) is 13.2. The number of anilines is 2. The molecule has 2 N–H and O–H groups in total. The maximum Gasteiger partial charge on any atom is 0.573 e. The zero-order valence-electron chi connectivity index (χ0n) is 13.2. The minimum Gasteiger partial charge on any atom is -0.406 e. The predicted molar refractivity (Wildman–Crippen MR) is 88.3 cm³/mol. The van der Waals surface area contributed by atoms with Crippen molar-refractivity contribution in [3.8, 4) is 5.75 Å². The topological polar surface area (TPSA) is 79.9 Å². The van der Waals surface area contributed by atoms with E-state index < -0.39 is 11.9 Å². The first-order valence-corrected chi connectivity index (χ1v) is 7.52. The first kappa shape index (κ1) is 17.5. The summed E-state index contributed by atoms with van der Waals surface area (Å²) in [6.07, 6.45) is -4.41. The summed E-state index contributed by atoms with van der Waals surface area (Å²) in [6.45, 7) is 0. The van der Waals surface area contributed by atoms with Gasteiger partial charge in [0.2, 0.25) is 5.95 Å². The molecule has 0 unspecified atom stereocenters. The van der Waals surface area contributed by atoms with Crippen LogP contribution in [-0.2, 0) is 6.42 Å². The first-order chi connectivity index (χ1) is 12.4. The van der Waals surface area contributed by atoms with Gasteiger partial charge in [-0.1, -0.05) is 30.3 Å². The average Bonchev–Trinajstić information content (AvgIpc) is 2.59. The maximum atomic E-state index is 12.1. The third-order valence-electron chi connectivity index (χ3n) is 3.33. The molecule has 0 atom stereocenters. The van der Waals surface area contributed by atoms with Crippen LogP contribution in [-0.4, -0.2) is 21.5 Å². The van der Waals surface area contributed by atoms with Crippen molar-refractivity contribution in [2.45, 2.75) is 12.8 Å². The van der Waals surface area contributed by atoms with Crippen LogP contribution < -0.4 is 15.6 Å². The van der Waals surface area contributed by atoms with Crippen molar-refractivity contribution in [1.29, 1.82) is 0 Å². The Morgan fingerprint density at radius 3 is 2.31 bits per heavy atom. The predicted octanol–water partition coefficient (Wildman–Crippen LogP) is 3.40. The smallest absolute Gasteiger partial charge is 0.406 e. The molecule has 3 rings (SSSR count). The number of hydrogen-bond donors (Lipinski definition) is 2. The number of halogens is 3. The molecule has 2 aromatic carbocycles. The summed E-state index contributed by atoms with van der Waals surface area (Å²) in [4.78, 5) is 14.6. The Hall–Kier alpha value is -3.36. The standard InChI is InChI=1S/C17H13F3N4O2/c18-17(19,20)26-13-8-6-12(7-9-13)21-16-22-15(25)14(23-24-16)10-11-4-2-1-3-5-11/h1-9H,10H2,(H2,21,22,24,25). The molecule has 0 bridgehead atoms. The second-order valence-corrected chi connectivity index (χ2v) is 5.31. The largest absolute Gasteiger partial charge is 0.573 e. The van der Waals surface area contributed by atoms with Crippen molar-refractivity contribution in [2.75, 3.05) is 5.32 Å². The van der Waals surface area contributed by atoms with Gasteiger partial charge in [0, 0.05) is 12.1 Å². The number of aromatic amines is 1. The van der Waals surface area contributed by atoms with E-state index in [0.29, 0.717) is 12.1 Å². The van der Waals surface area contributed by atoms with E-state index >= 15 is 0 Å². The molecule has 1 heterocycles. The third kappa shape index (κ3) is 4.82. The number of alkyl halides is 3. The van der Waals surface area contributed by atoms with Gasteiger partial charge in [0.05, 0.1) is 0 Å². The van der Waals surface area contributed by atoms with E-state index in [1.165, 1.54) is 12.1 Å². The summed E-state index contributed by atoms with van der Waals surface area (Å²) in [7, 11) is 0. The van der Waals surface area contributed by atoms with E-state index in [1.807, 2.05) is 30.3 Å². The first-order valence-electron chi connectivity index (χ1n) is 7.52. The van der Waals surface area contributed by atoms with Gasteiger partial charge in [-0.25, -0.2) is 0 Å². The number of benzene rings is 2. The highest BCUT2D eigenvalue weighted by atomic mass is 19.4. The molecule has 0 aliphatic carbocycles. The third-order valence-corrected chi connectivity index (χ3v) is 3.33. The molecule has 0 spiro atoms. The van der Waals surface area contributed by atoms with E-state index in [2.05, 4.69) is 25.2 Å². The molecular weight excluding hydrogens is 349 g/mol. The Morgan fingerprint density at radius 2 is 1.69 bits per heavy atom. The van der Waals surface area contributed by atoms with Crippen molar-refractivity contribution in [2.24, 2.45) is 0 Å². The molecule has 0 saturated carbocycles. The van der Waals surface area contributed by atoms with Crippen molar-refractivity contribution in [1.82, 2.24) is 15.2 Å². The summed E-state index contributed by atoms with van der Waals surface area (Å²) >= 11 is 0. The molecule has 134 valence electrons. The second-order valence-electron chi connectivity index (χ2n) is 5.31. The van der Waals surface area contributed by atoms with Crippen molar-refractivity contribution in [3.05, 3.63) is 76.2 Å². The number of hydrogen-bond acceptors (Lipinski definition) is 5. The average molecular weight is 362 g/mol. The fourth-order valence-electron chi connectivity index (χ4n) is 2.20. The van der Waals surface area contributed by atoms with E-state index in [1.54, 1.807) is 0 Å². The minimum absolute atomic E-state index is 0.0799. The fourth-order valence-corrected chi connectivity index (χ4v) is 2.20. The van der Waals surface area contributed by atoms with Crippen LogP contribution in [0, 0.1) is 0 Å². The van der Waals surface area contributed by atoms with Crippen LogP contribution in [0.25, 0.3) is 0 Å². The van der Waals surface area contributed by atoms with E-state index in [9.17, 15) is 18.0 Å². The Labute approximate surface area is 145 Å². The molecule has 26 heavy (non-hydrogen) atoms. The maximum absolute atomic E-state index is 12.1. The lowest BCUT2D eigenvalue weighted by molar-refractivity contribution is -0.274. The van der Waals surface area contributed by atoms with Gasteiger partial charge in [-0.2, -0.15) is 0 Å². The highest BCUT2D eigenvalue weighted by molar-refractivity contribution is 5.54. The van der Waals surface area contributed by atoms with Crippen LogP contribution in [0.4, 0.5) is 24.8 Å². The molecule has 0 aliphatic heterocycles.